The zero-order chi connectivity index (χ0) is 23.9. The largest absolute Gasteiger partial charge is 2.00 e. The molecule has 0 aromatic heterocycles. The molecule has 2 saturated carbocycles. The van der Waals surface area contributed by atoms with Crippen molar-refractivity contribution in [2.24, 2.45) is 0 Å². The number of rotatable bonds is 8. The zero-order valence-electron chi connectivity index (χ0n) is 21.4. The molecule has 2 nitrogen and oxygen atoms in total. The molecule has 2 aliphatic carbocycles. The Morgan fingerprint density at radius 2 is 1.40 bits per heavy atom. The summed E-state index contributed by atoms with van der Waals surface area (Å²) in [7, 11) is 3.17. The molecule has 0 atom stereocenters. The van der Waals surface area contributed by atoms with Gasteiger partial charge in [0.05, 0.1) is 19.8 Å². The molecular formula is C30H40ClO2PPd+2. The number of methoxy groups -OCH3 is 2. The molecule has 4 rings (SSSR count). The van der Waals surface area contributed by atoms with E-state index < -0.39 is 0 Å². The fourth-order valence-electron chi connectivity index (χ4n) is 6.04. The van der Waals surface area contributed by atoms with E-state index in [0.29, 0.717) is 0 Å². The number of ether oxygens (including phenoxy) is 2. The monoisotopic (exact) mass is 604 g/mol. The molecule has 0 saturated heterocycles. The predicted molar refractivity (Wildman–Crippen MR) is 149 cm³/mol. The maximum absolute atomic E-state index is 7.01. The summed E-state index contributed by atoms with van der Waals surface area (Å²) in [5, 5.41) is 2.44. The van der Waals surface area contributed by atoms with E-state index in [1.165, 1.54) is 80.6 Å². The minimum Gasteiger partial charge on any atom is -0.496 e. The third-order valence-corrected chi connectivity index (χ3v) is 11.7. The summed E-state index contributed by atoms with van der Waals surface area (Å²) in [6.07, 6.45) is 19.0. The molecule has 192 valence electrons. The fraction of sp³-hybridized carbons (Fsp3) is 0.533. The average molecular weight is 605 g/mol. The summed E-state index contributed by atoms with van der Waals surface area (Å²) in [6.45, 7) is 2.10. The third kappa shape index (κ3) is 6.54. The zero-order valence-corrected chi connectivity index (χ0v) is 24.6. The van der Waals surface area contributed by atoms with Gasteiger partial charge in [-0.1, -0.05) is 82.3 Å². The number of allylic oxidation sites excluding steroid dienone is 2. The molecule has 0 spiro atoms. The van der Waals surface area contributed by atoms with E-state index in [9.17, 15) is 0 Å². The maximum atomic E-state index is 7.01. The van der Waals surface area contributed by atoms with Gasteiger partial charge in [0.15, 0.2) is 0 Å². The average Bonchev–Trinajstić information content (AvgIpc) is 2.89. The van der Waals surface area contributed by atoms with Gasteiger partial charge in [-0.05, 0) is 85.0 Å². The number of benzene rings is 2. The van der Waals surface area contributed by atoms with Crippen molar-refractivity contribution in [1.82, 2.24) is 0 Å². The Morgan fingerprint density at radius 1 is 0.857 bits per heavy atom. The first-order chi connectivity index (χ1) is 16.7. The van der Waals surface area contributed by atoms with Gasteiger partial charge in [0.2, 0.25) is 0 Å². The Labute approximate surface area is 232 Å². The topological polar surface area (TPSA) is 18.5 Å². The van der Waals surface area contributed by atoms with E-state index in [4.69, 9.17) is 21.1 Å². The van der Waals surface area contributed by atoms with Gasteiger partial charge >= 0.3 is 20.4 Å². The Balaban J connectivity index is 0.00000342. The number of hydrogen-bond donors (Lipinski definition) is 0. The molecule has 0 bridgehead atoms. The van der Waals surface area contributed by atoms with E-state index in [1.807, 2.05) is 6.07 Å². The fourth-order valence-corrected chi connectivity index (χ4v) is 10.5. The van der Waals surface area contributed by atoms with E-state index in [1.54, 1.807) is 14.2 Å². The number of halogens is 1. The summed E-state index contributed by atoms with van der Waals surface area (Å²) >= 11 is 7.01. The second-order valence-electron chi connectivity index (χ2n) is 9.72. The summed E-state index contributed by atoms with van der Waals surface area (Å²) < 4.78 is 11.8. The summed E-state index contributed by atoms with van der Waals surface area (Å²) in [6, 6.07) is 10.5. The van der Waals surface area contributed by atoms with Gasteiger partial charge in [-0.2, -0.15) is 0 Å². The van der Waals surface area contributed by atoms with Crippen LogP contribution in [0.3, 0.4) is 0 Å². The summed E-state index contributed by atoms with van der Waals surface area (Å²) in [5.41, 5.74) is 5.26. The van der Waals surface area contributed by atoms with Crippen molar-refractivity contribution in [3.05, 3.63) is 53.1 Å². The molecule has 2 aromatic rings. The SMILES string of the molecule is CC=CCc1c(Cl)ccc(-c2c(OC)cccc2OC)c1P(C1CCCCC1)C1CCCCC1.[Pd+2]. The van der Waals surface area contributed by atoms with Crippen LogP contribution in [0.25, 0.3) is 11.1 Å². The van der Waals surface area contributed by atoms with Gasteiger partial charge in [0.1, 0.15) is 11.5 Å². The van der Waals surface area contributed by atoms with E-state index in [2.05, 4.69) is 43.3 Å². The van der Waals surface area contributed by atoms with Crippen LogP contribution in [-0.2, 0) is 26.8 Å². The van der Waals surface area contributed by atoms with Crippen LogP contribution in [0.5, 0.6) is 11.5 Å². The van der Waals surface area contributed by atoms with Gasteiger partial charge in [0, 0.05) is 5.02 Å². The normalized spacial score (nSPS) is 17.5. The summed E-state index contributed by atoms with van der Waals surface area (Å²) in [5.74, 6) is 1.75. The van der Waals surface area contributed by atoms with Crippen LogP contribution in [0.4, 0.5) is 0 Å². The van der Waals surface area contributed by atoms with Crippen LogP contribution in [-0.4, -0.2) is 25.5 Å². The van der Waals surface area contributed by atoms with Gasteiger partial charge in [-0.3, -0.25) is 0 Å². The molecule has 2 aliphatic rings. The molecule has 0 N–H and O–H groups in total. The van der Waals surface area contributed by atoms with Crippen molar-refractivity contribution < 1.29 is 29.9 Å². The van der Waals surface area contributed by atoms with E-state index in [-0.39, 0.29) is 28.3 Å². The molecule has 35 heavy (non-hydrogen) atoms. The maximum Gasteiger partial charge on any atom is 2.00 e. The third-order valence-electron chi connectivity index (χ3n) is 7.67. The molecular weight excluding hydrogens is 565 g/mol. The molecule has 0 unspecified atom stereocenters. The second kappa shape index (κ2) is 14.2. The minimum atomic E-state index is -0.354. The van der Waals surface area contributed by atoms with Crippen molar-refractivity contribution in [3.63, 3.8) is 0 Å². The smallest absolute Gasteiger partial charge is 0.496 e. The van der Waals surface area contributed by atoms with Crippen LogP contribution in [0.2, 0.25) is 5.02 Å². The van der Waals surface area contributed by atoms with Crippen molar-refractivity contribution in [2.75, 3.05) is 14.2 Å². The van der Waals surface area contributed by atoms with Crippen LogP contribution in [0.1, 0.15) is 76.7 Å². The van der Waals surface area contributed by atoms with Gasteiger partial charge in [-0.25, -0.2) is 0 Å². The number of hydrogen-bond acceptors (Lipinski definition) is 2. The molecule has 2 aromatic carbocycles. The van der Waals surface area contributed by atoms with Gasteiger partial charge < -0.3 is 9.47 Å². The van der Waals surface area contributed by atoms with Crippen molar-refractivity contribution >= 4 is 24.8 Å². The van der Waals surface area contributed by atoms with E-state index in [0.717, 1.165) is 39.8 Å². The standard InChI is InChI=1S/C30H40ClO2P.Pd/c1-4-5-17-24-26(31)21-20-25(29-27(32-2)18-12-19-28(29)33-3)30(24)34(22-13-8-6-9-14-22)23-15-10-7-11-16-23;/h4-5,12,18-23H,6-11,13-17H2,1-3H3;/q;+2. The first-order valence-electron chi connectivity index (χ1n) is 13.1. The van der Waals surface area contributed by atoms with Crippen LogP contribution >= 0.6 is 19.5 Å². The van der Waals surface area contributed by atoms with Crippen LogP contribution in [0.15, 0.2) is 42.5 Å². The van der Waals surface area contributed by atoms with Crippen molar-refractivity contribution in [3.8, 4) is 22.6 Å². The Morgan fingerprint density at radius 3 is 1.89 bits per heavy atom. The first kappa shape index (κ1) is 28.7. The van der Waals surface area contributed by atoms with Crippen molar-refractivity contribution in [2.45, 2.75) is 88.9 Å². The molecule has 0 aliphatic heterocycles. The van der Waals surface area contributed by atoms with E-state index >= 15 is 0 Å². The Hall–Kier alpha value is -0.838. The Kier molecular flexibility index (Phi) is 11.7. The first-order valence-corrected chi connectivity index (χ1v) is 15.0. The molecule has 5 heteroatoms. The predicted octanol–water partition coefficient (Wildman–Crippen LogP) is 8.91. The molecule has 0 heterocycles. The molecule has 2 fully saturated rings. The van der Waals surface area contributed by atoms with Gasteiger partial charge in [-0.15, -0.1) is 0 Å². The molecule has 0 radical (unpaired) electrons. The second-order valence-corrected chi connectivity index (χ2v) is 12.9. The minimum absolute atomic E-state index is 0. The van der Waals surface area contributed by atoms with Crippen LogP contribution in [0, 0.1) is 0 Å². The van der Waals surface area contributed by atoms with Crippen molar-refractivity contribution in [1.29, 1.82) is 0 Å². The van der Waals surface area contributed by atoms with Gasteiger partial charge in [0.25, 0.3) is 0 Å². The quantitative estimate of drug-likeness (QED) is 0.170. The summed E-state index contributed by atoms with van der Waals surface area (Å²) in [4.78, 5) is 0. The molecule has 0 amide bonds. The van der Waals surface area contributed by atoms with Crippen LogP contribution < -0.4 is 14.8 Å². The Bertz CT molecular complexity index is 940.